The fraction of sp³-hybridized carbons (Fsp3) is 0.500. The summed E-state index contributed by atoms with van der Waals surface area (Å²) in [6.45, 7) is 7.90. The Morgan fingerprint density at radius 1 is 1.24 bits per heavy atom. The van der Waals surface area contributed by atoms with Crippen LogP contribution in [0.4, 0.5) is 5.95 Å². The van der Waals surface area contributed by atoms with Gasteiger partial charge in [0.25, 0.3) is 0 Å². The molecule has 0 amide bonds. The van der Waals surface area contributed by atoms with Gasteiger partial charge >= 0.3 is 0 Å². The number of benzene rings is 1. The molecule has 0 bridgehead atoms. The standard InChI is InChI=1S/C24H28N4O/c1-4-28(5-2)23-26-15-17-11-12-20-16(3)21(29)18(14-25)13-24(20,22(17)27-23)19-9-7-6-8-10-19/h6-10,15-16,18,20H,4-5,11-13H2,1-3H3/t16-,18?,20-,24-/m0/s1. The Hall–Kier alpha value is -2.74. The molecule has 0 saturated heterocycles. The summed E-state index contributed by atoms with van der Waals surface area (Å²) < 4.78 is 0. The van der Waals surface area contributed by atoms with Crippen molar-refractivity contribution >= 4 is 11.7 Å². The average Bonchev–Trinajstić information content (AvgIpc) is 2.77. The third-order valence-electron chi connectivity index (χ3n) is 7.04. The fourth-order valence-electron chi connectivity index (χ4n) is 5.53. The van der Waals surface area contributed by atoms with Crippen LogP contribution >= 0.6 is 0 Å². The lowest BCUT2D eigenvalue weighted by atomic mass is 9.51. The van der Waals surface area contributed by atoms with Crippen molar-refractivity contribution in [2.45, 2.75) is 45.4 Å². The minimum atomic E-state index is -0.598. The number of Topliss-reactive ketones (excluding diaryl/α,β-unsaturated/α-hetero) is 1. The summed E-state index contributed by atoms with van der Waals surface area (Å²) in [7, 11) is 0. The third kappa shape index (κ3) is 2.93. The van der Waals surface area contributed by atoms with Crippen LogP contribution in [0.25, 0.3) is 0 Å². The van der Waals surface area contributed by atoms with Gasteiger partial charge in [0, 0.05) is 30.6 Å². The normalized spacial score (nSPS) is 28.2. The Balaban J connectivity index is 1.98. The number of nitriles is 1. The molecule has 1 heterocycles. The summed E-state index contributed by atoms with van der Waals surface area (Å²) in [6.07, 6.45) is 4.27. The van der Waals surface area contributed by atoms with E-state index in [1.807, 2.05) is 31.3 Å². The van der Waals surface area contributed by atoms with Gasteiger partial charge in [0.05, 0.1) is 11.8 Å². The van der Waals surface area contributed by atoms with Crippen molar-refractivity contribution in [1.29, 1.82) is 5.26 Å². The molecule has 0 aliphatic heterocycles. The number of rotatable bonds is 4. The second-order valence-electron chi connectivity index (χ2n) is 8.28. The number of aryl methyl sites for hydroxylation is 1. The Morgan fingerprint density at radius 2 is 1.97 bits per heavy atom. The largest absolute Gasteiger partial charge is 0.341 e. The van der Waals surface area contributed by atoms with Crippen molar-refractivity contribution in [3.8, 4) is 6.07 Å². The van der Waals surface area contributed by atoms with E-state index in [0.717, 1.165) is 48.7 Å². The lowest BCUT2D eigenvalue weighted by Crippen LogP contribution is -2.53. The first-order chi connectivity index (χ1) is 14.1. The zero-order chi connectivity index (χ0) is 20.6. The molecule has 5 heteroatoms. The zero-order valence-electron chi connectivity index (χ0n) is 17.4. The number of nitrogens with zero attached hydrogens (tertiary/aromatic N) is 4. The molecule has 1 unspecified atom stereocenters. The number of hydrogen-bond donors (Lipinski definition) is 0. The molecule has 4 atom stereocenters. The van der Waals surface area contributed by atoms with Crippen LogP contribution in [0.1, 0.15) is 50.4 Å². The van der Waals surface area contributed by atoms with Crippen LogP contribution in [-0.2, 0) is 16.6 Å². The zero-order valence-corrected chi connectivity index (χ0v) is 17.4. The van der Waals surface area contributed by atoms with E-state index in [9.17, 15) is 10.1 Å². The van der Waals surface area contributed by atoms with E-state index in [1.165, 1.54) is 0 Å². The second kappa shape index (κ2) is 7.59. The first-order valence-electron chi connectivity index (χ1n) is 10.7. The third-order valence-corrected chi connectivity index (χ3v) is 7.04. The van der Waals surface area contributed by atoms with E-state index in [4.69, 9.17) is 4.98 Å². The highest BCUT2D eigenvalue weighted by atomic mass is 16.1. The Labute approximate surface area is 172 Å². The molecule has 0 spiro atoms. The van der Waals surface area contributed by atoms with Gasteiger partial charge in [-0.05, 0) is 50.2 Å². The maximum absolute atomic E-state index is 12.9. The van der Waals surface area contributed by atoms with Crippen molar-refractivity contribution in [3.63, 3.8) is 0 Å². The molecule has 150 valence electrons. The van der Waals surface area contributed by atoms with Crippen molar-refractivity contribution in [1.82, 2.24) is 9.97 Å². The van der Waals surface area contributed by atoms with E-state index < -0.39 is 11.3 Å². The van der Waals surface area contributed by atoms with E-state index in [2.05, 4.69) is 41.9 Å². The highest BCUT2D eigenvalue weighted by Gasteiger charge is 2.56. The van der Waals surface area contributed by atoms with E-state index in [-0.39, 0.29) is 17.6 Å². The summed E-state index contributed by atoms with van der Waals surface area (Å²) in [4.78, 5) is 24.8. The van der Waals surface area contributed by atoms with Crippen LogP contribution in [-0.4, -0.2) is 28.8 Å². The Kier molecular flexibility index (Phi) is 5.12. The number of carbonyl (C=O) groups is 1. The predicted octanol–water partition coefficient (Wildman–Crippen LogP) is 3.92. The van der Waals surface area contributed by atoms with Crippen LogP contribution in [0.2, 0.25) is 0 Å². The maximum Gasteiger partial charge on any atom is 0.225 e. The molecular weight excluding hydrogens is 360 g/mol. The Bertz CT molecular complexity index is 947. The van der Waals surface area contributed by atoms with Gasteiger partial charge in [0.15, 0.2) is 5.78 Å². The molecule has 1 aromatic carbocycles. The summed E-state index contributed by atoms with van der Waals surface area (Å²) >= 11 is 0. The van der Waals surface area contributed by atoms with Gasteiger partial charge in [0.1, 0.15) is 5.92 Å². The summed E-state index contributed by atoms with van der Waals surface area (Å²) in [5.41, 5.74) is 2.92. The fourth-order valence-corrected chi connectivity index (χ4v) is 5.53. The Morgan fingerprint density at radius 3 is 2.62 bits per heavy atom. The van der Waals surface area contributed by atoms with Crippen LogP contribution in [0, 0.1) is 29.1 Å². The monoisotopic (exact) mass is 388 g/mol. The van der Waals surface area contributed by atoms with Crippen LogP contribution < -0.4 is 4.90 Å². The quantitative estimate of drug-likeness (QED) is 0.794. The second-order valence-corrected chi connectivity index (χ2v) is 8.28. The van der Waals surface area contributed by atoms with Gasteiger partial charge in [-0.25, -0.2) is 9.97 Å². The number of carbonyl (C=O) groups excluding carboxylic acids is 1. The van der Waals surface area contributed by atoms with Crippen LogP contribution in [0.3, 0.4) is 0 Å². The van der Waals surface area contributed by atoms with Gasteiger partial charge in [0.2, 0.25) is 5.95 Å². The van der Waals surface area contributed by atoms with Crippen molar-refractivity contribution in [2.24, 2.45) is 17.8 Å². The van der Waals surface area contributed by atoms with Gasteiger partial charge in [-0.3, -0.25) is 4.79 Å². The number of fused-ring (bicyclic) bond motifs is 3. The summed E-state index contributed by atoms with van der Waals surface area (Å²) in [5.74, 6) is 0.218. The van der Waals surface area contributed by atoms with Gasteiger partial charge in [-0.15, -0.1) is 0 Å². The predicted molar refractivity (Wildman–Crippen MR) is 113 cm³/mol. The molecular formula is C24H28N4O. The van der Waals surface area contributed by atoms with Crippen molar-refractivity contribution in [2.75, 3.05) is 18.0 Å². The van der Waals surface area contributed by atoms with Gasteiger partial charge < -0.3 is 4.90 Å². The molecule has 0 N–H and O–H groups in total. The number of aromatic nitrogens is 2. The number of anilines is 1. The number of ketones is 1. The minimum Gasteiger partial charge on any atom is -0.341 e. The molecule has 0 radical (unpaired) electrons. The maximum atomic E-state index is 12.9. The van der Waals surface area contributed by atoms with E-state index in [1.54, 1.807) is 0 Å². The molecule has 1 fully saturated rings. The van der Waals surface area contributed by atoms with Crippen molar-refractivity contribution in [3.05, 3.63) is 53.3 Å². The van der Waals surface area contributed by atoms with Crippen molar-refractivity contribution < 1.29 is 4.79 Å². The molecule has 1 saturated carbocycles. The highest BCUT2D eigenvalue weighted by Crippen LogP contribution is 2.55. The lowest BCUT2D eigenvalue weighted by molar-refractivity contribution is -0.131. The summed E-state index contributed by atoms with van der Waals surface area (Å²) in [5, 5.41) is 9.79. The van der Waals surface area contributed by atoms with Gasteiger partial charge in [-0.1, -0.05) is 37.3 Å². The molecule has 29 heavy (non-hydrogen) atoms. The first-order valence-corrected chi connectivity index (χ1v) is 10.7. The topological polar surface area (TPSA) is 69.9 Å². The van der Waals surface area contributed by atoms with E-state index >= 15 is 0 Å². The first kappa shape index (κ1) is 19.6. The van der Waals surface area contributed by atoms with Crippen LogP contribution in [0.5, 0.6) is 0 Å². The molecule has 5 nitrogen and oxygen atoms in total. The highest BCUT2D eigenvalue weighted by molar-refractivity contribution is 5.87. The smallest absolute Gasteiger partial charge is 0.225 e. The average molecular weight is 389 g/mol. The van der Waals surface area contributed by atoms with Crippen LogP contribution in [0.15, 0.2) is 36.5 Å². The minimum absolute atomic E-state index is 0.0885. The summed E-state index contributed by atoms with van der Waals surface area (Å²) in [6, 6.07) is 12.7. The number of hydrogen-bond acceptors (Lipinski definition) is 5. The van der Waals surface area contributed by atoms with E-state index in [0.29, 0.717) is 6.42 Å². The molecule has 2 aliphatic rings. The molecule has 4 rings (SSSR count). The lowest BCUT2D eigenvalue weighted by Gasteiger charge is -2.51. The molecule has 2 aliphatic carbocycles. The van der Waals surface area contributed by atoms with Gasteiger partial charge in [-0.2, -0.15) is 5.26 Å². The SMILES string of the molecule is CCN(CC)c1ncc2c(n1)[C@]1(c3ccccc3)CC(C#N)C(=O)[C@@H](C)[C@@H]1CC2. The molecule has 1 aromatic heterocycles. The molecule has 2 aromatic rings.